The van der Waals surface area contributed by atoms with Crippen molar-refractivity contribution in [2.24, 2.45) is 0 Å². The normalized spacial score (nSPS) is 14.8. The van der Waals surface area contributed by atoms with Gasteiger partial charge in [-0.3, -0.25) is 9.10 Å². The van der Waals surface area contributed by atoms with Gasteiger partial charge in [-0.2, -0.15) is 0 Å². The first-order valence-corrected chi connectivity index (χ1v) is 10.9. The summed E-state index contributed by atoms with van der Waals surface area (Å²) < 4.78 is 28.7. The van der Waals surface area contributed by atoms with E-state index in [-0.39, 0.29) is 18.2 Å². The summed E-state index contributed by atoms with van der Waals surface area (Å²) in [6.07, 6.45) is 2.35. The zero-order valence-electron chi connectivity index (χ0n) is 15.6. The van der Waals surface area contributed by atoms with E-state index < -0.39 is 16.1 Å². The predicted molar refractivity (Wildman–Crippen MR) is 109 cm³/mol. The Balaban J connectivity index is 1.39. The van der Waals surface area contributed by atoms with E-state index in [0.717, 1.165) is 22.3 Å². The summed E-state index contributed by atoms with van der Waals surface area (Å²) in [5.74, 6) is -0.370. The number of anilines is 1. The first kappa shape index (κ1) is 18.5. The van der Waals surface area contributed by atoms with Crippen LogP contribution >= 0.6 is 0 Å². The van der Waals surface area contributed by atoms with Crippen LogP contribution in [0.1, 0.15) is 18.5 Å². The van der Waals surface area contributed by atoms with Gasteiger partial charge in [-0.25, -0.2) is 13.4 Å². The number of rotatable bonds is 6. The Morgan fingerprint density at radius 1 is 1.18 bits per heavy atom. The quantitative estimate of drug-likeness (QED) is 0.689. The van der Waals surface area contributed by atoms with Crippen LogP contribution in [0.3, 0.4) is 0 Å². The second kappa shape index (κ2) is 7.27. The van der Waals surface area contributed by atoms with Gasteiger partial charge in [0.2, 0.25) is 15.9 Å². The minimum absolute atomic E-state index is 0.0663. The highest BCUT2D eigenvalue weighted by Crippen LogP contribution is 2.29. The van der Waals surface area contributed by atoms with Crippen molar-refractivity contribution in [2.45, 2.75) is 19.4 Å². The number of hydrogen-bond acceptors (Lipinski definition) is 4. The van der Waals surface area contributed by atoms with Gasteiger partial charge in [-0.1, -0.05) is 30.3 Å². The second-order valence-electron chi connectivity index (χ2n) is 6.87. The first-order valence-electron chi connectivity index (χ1n) is 9.25. The van der Waals surface area contributed by atoms with Crippen molar-refractivity contribution in [2.75, 3.05) is 23.1 Å². The molecule has 1 aliphatic heterocycles. The highest BCUT2D eigenvalue weighted by atomic mass is 32.2. The van der Waals surface area contributed by atoms with E-state index in [9.17, 15) is 13.2 Å². The molecule has 3 aromatic rings. The molecule has 0 saturated carbocycles. The molecule has 1 aliphatic rings. The second-order valence-corrected chi connectivity index (χ2v) is 8.89. The molecular weight excluding hydrogens is 376 g/mol. The number of benzene rings is 2. The monoisotopic (exact) mass is 398 g/mol. The fourth-order valence-electron chi connectivity index (χ4n) is 3.57. The van der Waals surface area contributed by atoms with Gasteiger partial charge in [-0.15, -0.1) is 0 Å². The molecule has 4 rings (SSSR count). The Hall–Kier alpha value is -2.87. The number of nitrogens with one attached hydrogen (secondary N) is 1. The number of amides is 1. The van der Waals surface area contributed by atoms with Gasteiger partial charge in [0.25, 0.3) is 0 Å². The summed E-state index contributed by atoms with van der Waals surface area (Å²) in [7, 11) is -3.48. The molecule has 1 amide bonds. The molecule has 0 fully saturated rings. The molecule has 1 unspecified atom stereocenters. The molecule has 146 valence electrons. The van der Waals surface area contributed by atoms with Crippen LogP contribution in [0.15, 0.2) is 54.9 Å². The molecule has 0 aliphatic carbocycles. The van der Waals surface area contributed by atoms with E-state index in [4.69, 9.17) is 0 Å². The highest BCUT2D eigenvalue weighted by Gasteiger charge is 2.29. The summed E-state index contributed by atoms with van der Waals surface area (Å²) in [6.45, 7) is 2.29. The van der Waals surface area contributed by atoms with Gasteiger partial charge < -0.3 is 9.88 Å². The Labute approximate surface area is 164 Å². The third kappa shape index (κ3) is 3.35. The smallest absolute Gasteiger partial charge is 0.242 e. The number of aromatic nitrogens is 2. The molecule has 1 atom stereocenters. The van der Waals surface area contributed by atoms with E-state index in [1.54, 1.807) is 17.8 Å². The molecular formula is C20H22N4O3S. The zero-order valence-corrected chi connectivity index (χ0v) is 16.4. The van der Waals surface area contributed by atoms with Crippen molar-refractivity contribution in [3.05, 3.63) is 60.4 Å². The van der Waals surface area contributed by atoms with Crippen LogP contribution in [-0.4, -0.2) is 42.7 Å². The zero-order chi connectivity index (χ0) is 19.7. The summed E-state index contributed by atoms with van der Waals surface area (Å²) in [6, 6.07) is 14.6. The third-order valence-corrected chi connectivity index (χ3v) is 6.89. The number of fused-ring (bicyclic) bond motifs is 2. The maximum absolute atomic E-state index is 12.7. The average Bonchev–Trinajstić information content (AvgIpc) is 3.32. The van der Waals surface area contributed by atoms with E-state index in [0.29, 0.717) is 13.0 Å². The van der Waals surface area contributed by atoms with Gasteiger partial charge in [-0.05, 0) is 37.1 Å². The summed E-state index contributed by atoms with van der Waals surface area (Å²) in [4.78, 5) is 16.8. The van der Waals surface area contributed by atoms with Gasteiger partial charge >= 0.3 is 0 Å². The molecule has 1 N–H and O–H groups in total. The average molecular weight is 398 g/mol. The van der Waals surface area contributed by atoms with E-state index in [1.807, 2.05) is 48.5 Å². The van der Waals surface area contributed by atoms with Crippen molar-refractivity contribution in [3.8, 4) is 0 Å². The van der Waals surface area contributed by atoms with Gasteiger partial charge in [0.15, 0.2) is 0 Å². The fourth-order valence-corrected chi connectivity index (χ4v) is 5.00. The molecule has 0 spiro atoms. The lowest BCUT2D eigenvalue weighted by Crippen LogP contribution is -2.38. The maximum atomic E-state index is 12.7. The number of imidazole rings is 1. The fraction of sp³-hybridized carbons (Fsp3) is 0.300. The Kier molecular flexibility index (Phi) is 4.80. The van der Waals surface area contributed by atoms with Crippen molar-refractivity contribution in [1.82, 2.24) is 14.9 Å². The van der Waals surface area contributed by atoms with Crippen LogP contribution in [-0.2, 0) is 21.2 Å². The molecule has 0 saturated heterocycles. The molecule has 8 heteroatoms. The lowest BCUT2D eigenvalue weighted by atomic mass is 10.2. The van der Waals surface area contributed by atoms with E-state index in [2.05, 4.69) is 10.3 Å². The number of hydrogen-bond donors (Lipinski definition) is 1. The largest absolute Gasteiger partial charge is 0.353 e. The number of carbonyl (C=O) groups excluding carboxylic acids is 1. The Morgan fingerprint density at radius 3 is 2.79 bits per heavy atom. The Bertz CT molecular complexity index is 1120. The molecule has 28 heavy (non-hydrogen) atoms. The highest BCUT2D eigenvalue weighted by molar-refractivity contribution is 7.92. The van der Waals surface area contributed by atoms with Crippen LogP contribution in [0, 0.1) is 0 Å². The summed E-state index contributed by atoms with van der Waals surface area (Å²) in [5, 5.41) is 2.75. The van der Waals surface area contributed by atoms with Crippen molar-refractivity contribution in [3.63, 3.8) is 0 Å². The standard InChI is InChI=1S/C20H22N4O3S/c1-15(23-14-22-17-7-3-5-9-19(17)23)20(25)21-11-13-28(26,27)24-12-10-16-6-2-4-8-18(16)24/h2-9,14-15H,10-13H2,1H3,(H,21,25). The predicted octanol–water partition coefficient (Wildman–Crippen LogP) is 2.11. The topological polar surface area (TPSA) is 84.3 Å². The first-order chi connectivity index (χ1) is 13.5. The molecule has 2 heterocycles. The minimum Gasteiger partial charge on any atom is -0.353 e. The van der Waals surface area contributed by atoms with E-state index >= 15 is 0 Å². The molecule has 2 aromatic carbocycles. The lowest BCUT2D eigenvalue weighted by molar-refractivity contribution is -0.123. The van der Waals surface area contributed by atoms with Crippen LogP contribution in [0.4, 0.5) is 5.69 Å². The minimum atomic E-state index is -3.48. The van der Waals surface area contributed by atoms with Gasteiger partial charge in [0.05, 0.1) is 28.8 Å². The molecule has 1 aromatic heterocycles. The molecule has 7 nitrogen and oxygen atoms in total. The maximum Gasteiger partial charge on any atom is 0.242 e. The number of sulfonamides is 1. The van der Waals surface area contributed by atoms with Crippen molar-refractivity contribution >= 4 is 32.7 Å². The third-order valence-electron chi connectivity index (χ3n) is 5.12. The summed E-state index contributed by atoms with van der Waals surface area (Å²) in [5.41, 5.74) is 3.46. The van der Waals surface area contributed by atoms with Crippen molar-refractivity contribution < 1.29 is 13.2 Å². The van der Waals surface area contributed by atoms with E-state index in [1.165, 1.54) is 4.31 Å². The lowest BCUT2D eigenvalue weighted by Gasteiger charge is -2.20. The molecule has 0 bridgehead atoms. The summed E-state index contributed by atoms with van der Waals surface area (Å²) >= 11 is 0. The van der Waals surface area contributed by atoms with Crippen molar-refractivity contribution in [1.29, 1.82) is 0 Å². The van der Waals surface area contributed by atoms with Crippen LogP contribution < -0.4 is 9.62 Å². The number of carbonyl (C=O) groups is 1. The molecule has 0 radical (unpaired) electrons. The van der Waals surface area contributed by atoms with Gasteiger partial charge in [0, 0.05) is 13.1 Å². The van der Waals surface area contributed by atoms with Crippen LogP contribution in [0.25, 0.3) is 11.0 Å². The SMILES string of the molecule is CC(C(=O)NCCS(=O)(=O)N1CCc2ccccc21)n1cnc2ccccc21. The number of nitrogens with zero attached hydrogens (tertiary/aromatic N) is 3. The van der Waals surface area contributed by atoms with Crippen LogP contribution in [0.2, 0.25) is 0 Å². The Morgan fingerprint density at radius 2 is 1.93 bits per heavy atom. The number of para-hydroxylation sites is 3. The van der Waals surface area contributed by atoms with Crippen LogP contribution in [0.5, 0.6) is 0 Å². The van der Waals surface area contributed by atoms with Gasteiger partial charge in [0.1, 0.15) is 6.04 Å².